The van der Waals surface area contributed by atoms with Crippen molar-refractivity contribution in [2.75, 3.05) is 7.11 Å². The lowest BCUT2D eigenvalue weighted by Gasteiger charge is -2.21. The molecule has 0 saturated carbocycles. The molecule has 5 nitrogen and oxygen atoms in total. The van der Waals surface area contributed by atoms with Gasteiger partial charge >= 0.3 is 5.97 Å². The topological polar surface area (TPSA) is 68.3 Å². The van der Waals surface area contributed by atoms with Gasteiger partial charge in [-0.05, 0) is 5.92 Å². The standard InChI is InChI=1S/C18H22N2O3S/c1-4-12(2)16(18(22)23-3)20-15(21)10-14-11-24-17(19-14)13-8-6-5-7-9-13/h5-9,11-12,16H,4,10H2,1-3H3,(H,20,21). The Kier molecular flexibility index (Phi) is 6.49. The first-order valence-corrected chi connectivity index (χ1v) is 8.80. The number of carbonyl (C=O) groups is 2. The second kappa shape index (κ2) is 8.59. The van der Waals surface area contributed by atoms with E-state index in [0.717, 1.165) is 17.0 Å². The molecule has 0 aliphatic heterocycles. The summed E-state index contributed by atoms with van der Waals surface area (Å²) in [6.45, 7) is 3.89. The van der Waals surface area contributed by atoms with Crippen LogP contribution < -0.4 is 5.32 Å². The number of ether oxygens (including phenoxy) is 1. The quantitative estimate of drug-likeness (QED) is 0.783. The van der Waals surface area contributed by atoms with Crippen LogP contribution in [0, 0.1) is 5.92 Å². The molecular formula is C18H22N2O3S. The van der Waals surface area contributed by atoms with E-state index < -0.39 is 12.0 Å². The lowest BCUT2D eigenvalue weighted by Crippen LogP contribution is -2.46. The van der Waals surface area contributed by atoms with Gasteiger partial charge in [0.2, 0.25) is 5.91 Å². The summed E-state index contributed by atoms with van der Waals surface area (Å²) < 4.78 is 4.78. The number of benzene rings is 1. The van der Waals surface area contributed by atoms with Gasteiger partial charge in [0, 0.05) is 10.9 Å². The average Bonchev–Trinajstić information content (AvgIpc) is 3.07. The number of nitrogens with one attached hydrogen (secondary N) is 1. The van der Waals surface area contributed by atoms with Crippen molar-refractivity contribution in [3.63, 3.8) is 0 Å². The third kappa shape index (κ3) is 4.64. The van der Waals surface area contributed by atoms with Crippen LogP contribution in [-0.4, -0.2) is 30.0 Å². The van der Waals surface area contributed by atoms with E-state index in [9.17, 15) is 9.59 Å². The molecule has 0 aliphatic carbocycles. The summed E-state index contributed by atoms with van der Waals surface area (Å²) in [6.07, 6.45) is 0.919. The molecule has 2 atom stereocenters. The Hall–Kier alpha value is -2.21. The highest BCUT2D eigenvalue weighted by molar-refractivity contribution is 7.13. The van der Waals surface area contributed by atoms with Crippen LogP contribution in [0.3, 0.4) is 0 Å². The van der Waals surface area contributed by atoms with E-state index in [4.69, 9.17) is 4.74 Å². The highest BCUT2D eigenvalue weighted by atomic mass is 32.1. The summed E-state index contributed by atoms with van der Waals surface area (Å²) >= 11 is 1.50. The largest absolute Gasteiger partial charge is 0.467 e. The SMILES string of the molecule is CCC(C)C(NC(=O)Cc1csc(-c2ccccc2)n1)C(=O)OC. The van der Waals surface area contributed by atoms with Crippen molar-refractivity contribution < 1.29 is 14.3 Å². The molecule has 2 aromatic rings. The molecule has 2 unspecified atom stereocenters. The molecule has 0 spiro atoms. The van der Waals surface area contributed by atoms with Crippen LogP contribution in [0.4, 0.5) is 0 Å². The number of hydrogen-bond acceptors (Lipinski definition) is 5. The fourth-order valence-electron chi connectivity index (χ4n) is 2.29. The number of hydrogen-bond donors (Lipinski definition) is 1. The van der Waals surface area contributed by atoms with E-state index in [1.807, 2.05) is 49.6 Å². The van der Waals surface area contributed by atoms with E-state index in [2.05, 4.69) is 10.3 Å². The van der Waals surface area contributed by atoms with Gasteiger partial charge in [0.05, 0.1) is 19.2 Å². The van der Waals surface area contributed by atoms with Gasteiger partial charge in [-0.1, -0.05) is 50.6 Å². The second-order valence-corrected chi connectivity index (χ2v) is 6.50. The molecule has 128 valence electrons. The Balaban J connectivity index is 2.01. The summed E-state index contributed by atoms with van der Waals surface area (Å²) in [5.74, 6) is -0.631. The van der Waals surface area contributed by atoms with Crippen LogP contribution in [0.15, 0.2) is 35.7 Å². The van der Waals surface area contributed by atoms with Crippen molar-refractivity contribution in [2.24, 2.45) is 5.92 Å². The number of esters is 1. The van der Waals surface area contributed by atoms with Crippen molar-refractivity contribution in [1.82, 2.24) is 10.3 Å². The molecule has 0 saturated heterocycles. The fourth-order valence-corrected chi connectivity index (χ4v) is 3.11. The van der Waals surface area contributed by atoms with Gasteiger partial charge in [0.25, 0.3) is 0 Å². The van der Waals surface area contributed by atoms with Crippen molar-refractivity contribution in [3.05, 3.63) is 41.4 Å². The van der Waals surface area contributed by atoms with E-state index in [1.165, 1.54) is 18.4 Å². The molecule has 0 fully saturated rings. The number of amides is 1. The third-order valence-corrected chi connectivity index (χ3v) is 4.84. The van der Waals surface area contributed by atoms with Crippen LogP contribution in [-0.2, 0) is 20.7 Å². The van der Waals surface area contributed by atoms with Gasteiger partial charge in [-0.15, -0.1) is 11.3 Å². The number of rotatable bonds is 7. The van der Waals surface area contributed by atoms with Gasteiger partial charge in [0.1, 0.15) is 11.0 Å². The number of thiazole rings is 1. The minimum atomic E-state index is -0.625. The van der Waals surface area contributed by atoms with E-state index in [0.29, 0.717) is 5.69 Å². The molecule has 6 heteroatoms. The van der Waals surface area contributed by atoms with Gasteiger partial charge in [-0.25, -0.2) is 9.78 Å². The van der Waals surface area contributed by atoms with Gasteiger partial charge in [0.15, 0.2) is 0 Å². The molecule has 0 bridgehead atoms. The summed E-state index contributed by atoms with van der Waals surface area (Å²) in [5, 5.41) is 5.52. The number of aromatic nitrogens is 1. The average molecular weight is 346 g/mol. The maximum Gasteiger partial charge on any atom is 0.328 e. The Bertz CT molecular complexity index is 685. The molecular weight excluding hydrogens is 324 g/mol. The lowest BCUT2D eigenvalue weighted by atomic mass is 9.99. The monoisotopic (exact) mass is 346 g/mol. The Morgan fingerprint density at radius 1 is 1.29 bits per heavy atom. The summed E-state index contributed by atoms with van der Waals surface area (Å²) in [5.41, 5.74) is 1.73. The predicted octanol–water partition coefficient (Wildman–Crippen LogP) is 3.06. The third-order valence-electron chi connectivity index (χ3n) is 3.90. The first-order valence-electron chi connectivity index (χ1n) is 7.92. The zero-order chi connectivity index (χ0) is 17.5. The molecule has 1 heterocycles. The number of methoxy groups -OCH3 is 1. The smallest absolute Gasteiger partial charge is 0.328 e. The maximum atomic E-state index is 12.3. The fraction of sp³-hybridized carbons (Fsp3) is 0.389. The first kappa shape index (κ1) is 18.1. The van der Waals surface area contributed by atoms with Gasteiger partial charge < -0.3 is 10.1 Å². The normalized spacial score (nSPS) is 13.1. The molecule has 0 radical (unpaired) electrons. The van der Waals surface area contributed by atoms with Crippen LogP contribution in [0.25, 0.3) is 10.6 Å². The number of carbonyl (C=O) groups excluding carboxylic acids is 2. The molecule has 0 aliphatic rings. The highest BCUT2D eigenvalue weighted by Gasteiger charge is 2.26. The Morgan fingerprint density at radius 3 is 2.62 bits per heavy atom. The van der Waals surface area contributed by atoms with Crippen molar-refractivity contribution >= 4 is 23.2 Å². The van der Waals surface area contributed by atoms with Crippen LogP contribution in [0.2, 0.25) is 0 Å². The lowest BCUT2D eigenvalue weighted by molar-refractivity contribution is -0.146. The molecule has 1 aromatic carbocycles. The van der Waals surface area contributed by atoms with E-state index in [-0.39, 0.29) is 18.2 Å². The van der Waals surface area contributed by atoms with Crippen molar-refractivity contribution in [3.8, 4) is 10.6 Å². The van der Waals surface area contributed by atoms with Gasteiger partial charge in [-0.3, -0.25) is 4.79 Å². The second-order valence-electron chi connectivity index (χ2n) is 5.64. The molecule has 24 heavy (non-hydrogen) atoms. The molecule has 1 aromatic heterocycles. The predicted molar refractivity (Wildman–Crippen MR) is 94.7 cm³/mol. The first-order chi connectivity index (χ1) is 11.5. The minimum Gasteiger partial charge on any atom is -0.467 e. The minimum absolute atomic E-state index is 0.0108. The maximum absolute atomic E-state index is 12.3. The zero-order valence-electron chi connectivity index (χ0n) is 14.1. The zero-order valence-corrected chi connectivity index (χ0v) is 14.9. The van der Waals surface area contributed by atoms with Crippen LogP contribution in [0.1, 0.15) is 26.0 Å². The molecule has 1 amide bonds. The van der Waals surface area contributed by atoms with Crippen LogP contribution in [0.5, 0.6) is 0 Å². The van der Waals surface area contributed by atoms with E-state index in [1.54, 1.807) is 0 Å². The van der Waals surface area contributed by atoms with Crippen molar-refractivity contribution in [1.29, 1.82) is 0 Å². The number of nitrogens with zero attached hydrogens (tertiary/aromatic N) is 1. The van der Waals surface area contributed by atoms with E-state index >= 15 is 0 Å². The van der Waals surface area contributed by atoms with Crippen molar-refractivity contribution in [2.45, 2.75) is 32.7 Å². The van der Waals surface area contributed by atoms with Crippen LogP contribution >= 0.6 is 11.3 Å². The molecule has 2 rings (SSSR count). The summed E-state index contributed by atoms with van der Waals surface area (Å²) in [4.78, 5) is 28.6. The summed E-state index contributed by atoms with van der Waals surface area (Å²) in [7, 11) is 1.33. The summed E-state index contributed by atoms with van der Waals surface area (Å²) in [6, 6.07) is 9.21. The Morgan fingerprint density at radius 2 is 2.00 bits per heavy atom. The molecule has 1 N–H and O–H groups in total. The highest BCUT2D eigenvalue weighted by Crippen LogP contribution is 2.23. The van der Waals surface area contributed by atoms with Gasteiger partial charge in [-0.2, -0.15) is 0 Å². The Labute approximate surface area is 146 Å².